The predicted octanol–water partition coefficient (Wildman–Crippen LogP) is 0.969. The molecule has 0 radical (unpaired) electrons. The summed E-state index contributed by atoms with van der Waals surface area (Å²) in [5.74, 6) is 0. The van der Waals surface area contributed by atoms with Gasteiger partial charge in [-0.2, -0.15) is 0 Å². The van der Waals surface area contributed by atoms with Gasteiger partial charge in [-0.3, -0.25) is 4.84 Å². The molecule has 0 heterocycles. The summed E-state index contributed by atoms with van der Waals surface area (Å²) in [6, 6.07) is 0. The molecule has 0 rings (SSSR count). The lowest BCUT2D eigenvalue weighted by Crippen LogP contribution is -2.29. The maximum atomic E-state index is 5.25. The predicted molar refractivity (Wildman–Crippen MR) is 51.5 cm³/mol. The van der Waals surface area contributed by atoms with E-state index in [2.05, 4.69) is 5.48 Å². The molecule has 0 bridgehead atoms. The minimum absolute atomic E-state index is 0.0857. The number of hydrogen-bond donors (Lipinski definition) is 1. The van der Waals surface area contributed by atoms with Crippen LogP contribution in [-0.2, 0) is 14.3 Å². The Hall–Kier alpha value is -0.160. The standard InChI is InChI=1S/C9H21NO3/c1-9(2,12-4)5-6-10-13-8-7-11-3/h10H,5-8H2,1-4H3. The minimum atomic E-state index is -0.0857. The summed E-state index contributed by atoms with van der Waals surface area (Å²) in [5, 5.41) is 0. The van der Waals surface area contributed by atoms with E-state index in [-0.39, 0.29) is 5.60 Å². The Bertz CT molecular complexity index is 117. The highest BCUT2D eigenvalue weighted by Gasteiger charge is 2.14. The number of hydroxylamine groups is 1. The van der Waals surface area contributed by atoms with Crippen LogP contribution >= 0.6 is 0 Å². The van der Waals surface area contributed by atoms with Crippen LogP contribution in [0.3, 0.4) is 0 Å². The first kappa shape index (κ1) is 12.8. The van der Waals surface area contributed by atoms with Crippen molar-refractivity contribution in [3.05, 3.63) is 0 Å². The zero-order valence-corrected chi connectivity index (χ0v) is 9.05. The molecule has 0 unspecified atom stereocenters. The van der Waals surface area contributed by atoms with E-state index in [1.807, 2.05) is 13.8 Å². The van der Waals surface area contributed by atoms with Crippen LogP contribution in [-0.4, -0.2) is 39.6 Å². The van der Waals surface area contributed by atoms with E-state index in [1.165, 1.54) is 0 Å². The van der Waals surface area contributed by atoms with E-state index in [4.69, 9.17) is 14.3 Å². The lowest BCUT2D eigenvalue weighted by Gasteiger charge is -2.22. The van der Waals surface area contributed by atoms with Crippen molar-refractivity contribution in [3.8, 4) is 0 Å². The molecule has 4 nitrogen and oxygen atoms in total. The average Bonchev–Trinajstić information content (AvgIpc) is 2.11. The summed E-state index contributed by atoms with van der Waals surface area (Å²) in [6.45, 7) is 6.06. The van der Waals surface area contributed by atoms with E-state index in [0.29, 0.717) is 13.2 Å². The van der Waals surface area contributed by atoms with Gasteiger partial charge in [0.1, 0.15) is 0 Å². The number of rotatable bonds is 8. The fourth-order valence-corrected chi connectivity index (χ4v) is 0.723. The quantitative estimate of drug-likeness (QED) is 0.458. The first-order chi connectivity index (χ1) is 6.12. The second kappa shape index (κ2) is 7.26. The maximum absolute atomic E-state index is 5.25. The highest BCUT2D eigenvalue weighted by atomic mass is 16.7. The van der Waals surface area contributed by atoms with E-state index in [1.54, 1.807) is 14.2 Å². The van der Waals surface area contributed by atoms with Crippen LogP contribution < -0.4 is 5.48 Å². The third-order valence-electron chi connectivity index (χ3n) is 1.87. The molecule has 0 aromatic heterocycles. The molecule has 0 aromatic carbocycles. The fraction of sp³-hybridized carbons (Fsp3) is 1.00. The summed E-state index contributed by atoms with van der Waals surface area (Å²) in [4.78, 5) is 5.08. The van der Waals surface area contributed by atoms with Crippen LogP contribution in [0, 0.1) is 0 Å². The van der Waals surface area contributed by atoms with Crippen molar-refractivity contribution in [2.75, 3.05) is 34.0 Å². The fourth-order valence-electron chi connectivity index (χ4n) is 0.723. The maximum Gasteiger partial charge on any atom is 0.0915 e. The Kier molecular flexibility index (Phi) is 7.17. The van der Waals surface area contributed by atoms with Crippen molar-refractivity contribution in [2.45, 2.75) is 25.9 Å². The summed E-state index contributed by atoms with van der Waals surface area (Å²) < 4.78 is 10.1. The molecule has 0 aliphatic carbocycles. The SMILES string of the molecule is COCCONCCC(C)(C)OC. The van der Waals surface area contributed by atoms with E-state index >= 15 is 0 Å². The summed E-state index contributed by atoms with van der Waals surface area (Å²) in [5.41, 5.74) is 2.76. The number of hydrogen-bond acceptors (Lipinski definition) is 4. The van der Waals surface area contributed by atoms with E-state index in [9.17, 15) is 0 Å². The van der Waals surface area contributed by atoms with Crippen molar-refractivity contribution in [3.63, 3.8) is 0 Å². The molecule has 13 heavy (non-hydrogen) atoms. The van der Waals surface area contributed by atoms with Gasteiger partial charge >= 0.3 is 0 Å². The van der Waals surface area contributed by atoms with Gasteiger partial charge in [-0.15, -0.1) is 0 Å². The molecule has 0 atom stereocenters. The van der Waals surface area contributed by atoms with Gasteiger partial charge in [0.05, 0.1) is 18.8 Å². The van der Waals surface area contributed by atoms with Crippen molar-refractivity contribution in [1.29, 1.82) is 0 Å². The van der Waals surface area contributed by atoms with Crippen molar-refractivity contribution >= 4 is 0 Å². The van der Waals surface area contributed by atoms with Crippen molar-refractivity contribution in [2.24, 2.45) is 0 Å². The number of methoxy groups -OCH3 is 2. The van der Waals surface area contributed by atoms with Crippen molar-refractivity contribution < 1.29 is 14.3 Å². The molecule has 4 heteroatoms. The van der Waals surface area contributed by atoms with Gasteiger partial charge in [-0.1, -0.05) is 0 Å². The van der Waals surface area contributed by atoms with E-state index in [0.717, 1.165) is 13.0 Å². The topological polar surface area (TPSA) is 39.7 Å². The molecule has 0 spiro atoms. The third-order valence-corrected chi connectivity index (χ3v) is 1.87. The Morgan fingerprint density at radius 1 is 1.15 bits per heavy atom. The Morgan fingerprint density at radius 3 is 2.38 bits per heavy atom. The second-order valence-corrected chi connectivity index (χ2v) is 3.45. The molecule has 0 saturated heterocycles. The highest BCUT2D eigenvalue weighted by Crippen LogP contribution is 2.10. The first-order valence-corrected chi connectivity index (χ1v) is 4.51. The lowest BCUT2D eigenvalue weighted by molar-refractivity contribution is -0.0208. The molecule has 0 amide bonds. The summed E-state index contributed by atoms with van der Waals surface area (Å²) in [6.07, 6.45) is 0.913. The molecular formula is C9H21NO3. The molecule has 1 N–H and O–H groups in total. The second-order valence-electron chi connectivity index (χ2n) is 3.45. The van der Waals surface area contributed by atoms with Crippen LogP contribution in [0.5, 0.6) is 0 Å². The van der Waals surface area contributed by atoms with Gasteiger partial charge in [0.25, 0.3) is 0 Å². The molecular weight excluding hydrogens is 170 g/mol. The molecule has 0 aliphatic heterocycles. The van der Waals surface area contributed by atoms with Gasteiger partial charge in [0.15, 0.2) is 0 Å². The zero-order chi connectivity index (χ0) is 10.2. The van der Waals surface area contributed by atoms with E-state index < -0.39 is 0 Å². The molecule has 0 fully saturated rings. The van der Waals surface area contributed by atoms with Gasteiger partial charge in [0.2, 0.25) is 0 Å². The van der Waals surface area contributed by atoms with Crippen molar-refractivity contribution in [1.82, 2.24) is 5.48 Å². The minimum Gasteiger partial charge on any atom is -0.382 e. The normalized spacial score (nSPS) is 12.0. The van der Waals surface area contributed by atoms with Crippen LogP contribution in [0.4, 0.5) is 0 Å². The largest absolute Gasteiger partial charge is 0.382 e. The summed E-state index contributed by atoms with van der Waals surface area (Å²) in [7, 11) is 3.36. The van der Waals surface area contributed by atoms with Gasteiger partial charge in [0, 0.05) is 20.8 Å². The van der Waals surface area contributed by atoms with Crippen LogP contribution in [0.2, 0.25) is 0 Å². The monoisotopic (exact) mass is 191 g/mol. The molecule has 0 saturated carbocycles. The molecule has 0 aromatic rings. The van der Waals surface area contributed by atoms with Crippen LogP contribution in [0.15, 0.2) is 0 Å². The number of ether oxygens (including phenoxy) is 2. The van der Waals surface area contributed by atoms with Gasteiger partial charge < -0.3 is 9.47 Å². The smallest absolute Gasteiger partial charge is 0.0915 e. The Morgan fingerprint density at radius 2 is 1.85 bits per heavy atom. The average molecular weight is 191 g/mol. The Labute approximate surface area is 80.5 Å². The lowest BCUT2D eigenvalue weighted by atomic mass is 10.1. The Balaban J connectivity index is 3.16. The highest BCUT2D eigenvalue weighted by molar-refractivity contribution is 4.67. The molecule has 80 valence electrons. The van der Waals surface area contributed by atoms with Crippen LogP contribution in [0.25, 0.3) is 0 Å². The van der Waals surface area contributed by atoms with Gasteiger partial charge in [-0.25, -0.2) is 5.48 Å². The molecule has 0 aliphatic rings. The summed E-state index contributed by atoms with van der Waals surface area (Å²) >= 11 is 0. The third kappa shape index (κ3) is 8.18. The first-order valence-electron chi connectivity index (χ1n) is 4.51. The van der Waals surface area contributed by atoms with Crippen LogP contribution in [0.1, 0.15) is 20.3 Å². The number of nitrogens with one attached hydrogen (secondary N) is 1. The van der Waals surface area contributed by atoms with Gasteiger partial charge in [-0.05, 0) is 20.3 Å². The zero-order valence-electron chi connectivity index (χ0n) is 9.05.